The van der Waals surface area contributed by atoms with Gasteiger partial charge in [0.05, 0.1) is 30.4 Å². The fourth-order valence-electron chi connectivity index (χ4n) is 4.23. The van der Waals surface area contributed by atoms with Crippen LogP contribution < -0.4 is 10.2 Å². The molecule has 0 spiro atoms. The van der Waals surface area contributed by atoms with Gasteiger partial charge in [0.2, 0.25) is 0 Å². The maximum absolute atomic E-state index is 13.3. The Hall–Kier alpha value is -2.60. The summed E-state index contributed by atoms with van der Waals surface area (Å²) in [6.07, 6.45) is 2.66. The first-order valence-electron chi connectivity index (χ1n) is 9.38. The molecule has 1 aromatic carbocycles. The summed E-state index contributed by atoms with van der Waals surface area (Å²) in [6.45, 7) is 4.25. The smallest absolute Gasteiger partial charge is 0.325 e. The Kier molecular flexibility index (Phi) is 4.75. The lowest BCUT2D eigenvalue weighted by Crippen LogP contribution is -2.42. The van der Waals surface area contributed by atoms with Gasteiger partial charge in [-0.05, 0) is 29.0 Å². The van der Waals surface area contributed by atoms with Crippen LogP contribution in [0, 0.1) is 11.3 Å². The van der Waals surface area contributed by atoms with E-state index in [4.69, 9.17) is 4.74 Å². The Morgan fingerprint density at radius 3 is 2.79 bits per heavy atom. The number of para-hydroxylation sites is 2. The number of ether oxygens (including phenoxy) is 1. The predicted octanol–water partition coefficient (Wildman–Crippen LogP) is 4.39. The maximum atomic E-state index is 13.3. The van der Waals surface area contributed by atoms with Crippen LogP contribution in [0.5, 0.6) is 0 Å². The molecular formula is C22H24N2O3S. The first-order chi connectivity index (χ1) is 13.4. The van der Waals surface area contributed by atoms with Crippen molar-refractivity contribution in [2.45, 2.75) is 26.3 Å². The van der Waals surface area contributed by atoms with E-state index in [-0.39, 0.29) is 35.7 Å². The van der Waals surface area contributed by atoms with E-state index in [1.807, 2.05) is 46.7 Å². The average Bonchev–Trinajstić information content (AvgIpc) is 3.13. The number of rotatable bonds is 3. The van der Waals surface area contributed by atoms with Crippen LogP contribution in [0.15, 0.2) is 53.6 Å². The maximum Gasteiger partial charge on any atom is 0.325 e. The zero-order chi connectivity index (χ0) is 19.9. The second-order valence-electron chi connectivity index (χ2n) is 8.02. The highest BCUT2D eigenvalue weighted by Crippen LogP contribution is 2.49. The summed E-state index contributed by atoms with van der Waals surface area (Å²) in [7, 11) is 1.39. The summed E-state index contributed by atoms with van der Waals surface area (Å²) in [5.41, 5.74) is 2.50. The van der Waals surface area contributed by atoms with Crippen molar-refractivity contribution in [3.8, 4) is 0 Å². The number of ketones is 1. The highest BCUT2D eigenvalue weighted by atomic mass is 32.1. The summed E-state index contributed by atoms with van der Waals surface area (Å²) < 4.78 is 4.97. The van der Waals surface area contributed by atoms with Crippen LogP contribution in [0.1, 0.15) is 31.2 Å². The quantitative estimate of drug-likeness (QED) is 0.780. The van der Waals surface area contributed by atoms with Crippen LogP contribution in [0.2, 0.25) is 0 Å². The van der Waals surface area contributed by atoms with Crippen molar-refractivity contribution < 1.29 is 14.3 Å². The summed E-state index contributed by atoms with van der Waals surface area (Å²) in [4.78, 5) is 28.7. The molecule has 2 aliphatic rings. The molecule has 0 radical (unpaired) electrons. The van der Waals surface area contributed by atoms with Crippen molar-refractivity contribution in [1.82, 2.24) is 0 Å². The monoisotopic (exact) mass is 396 g/mol. The van der Waals surface area contributed by atoms with Crippen molar-refractivity contribution >= 4 is 34.5 Å². The molecule has 2 heterocycles. The lowest BCUT2D eigenvalue weighted by molar-refractivity contribution is -0.139. The van der Waals surface area contributed by atoms with Crippen molar-refractivity contribution in [2.24, 2.45) is 11.3 Å². The van der Waals surface area contributed by atoms with Crippen LogP contribution in [-0.4, -0.2) is 25.4 Å². The number of nitrogens with one attached hydrogen (secondary N) is 1. The van der Waals surface area contributed by atoms with Gasteiger partial charge in [0.15, 0.2) is 0 Å². The largest absolute Gasteiger partial charge is 0.468 e. The van der Waals surface area contributed by atoms with E-state index in [1.54, 1.807) is 11.3 Å². The van der Waals surface area contributed by atoms with E-state index in [9.17, 15) is 9.59 Å². The highest BCUT2D eigenvalue weighted by Gasteiger charge is 2.45. The molecule has 0 saturated heterocycles. The molecule has 6 heteroatoms. The number of nitrogens with zero attached hydrogens (tertiary/aromatic N) is 1. The predicted molar refractivity (Wildman–Crippen MR) is 111 cm³/mol. The third kappa shape index (κ3) is 3.33. The van der Waals surface area contributed by atoms with Gasteiger partial charge in [0, 0.05) is 17.0 Å². The fraction of sp³-hybridized carbons (Fsp3) is 0.364. The molecule has 4 rings (SSSR count). The lowest BCUT2D eigenvalue weighted by atomic mass is 9.73. The minimum atomic E-state index is -0.358. The van der Waals surface area contributed by atoms with Gasteiger partial charge in [-0.1, -0.05) is 38.1 Å². The number of esters is 1. The number of thiophene rings is 1. The van der Waals surface area contributed by atoms with Crippen LogP contribution in [0.4, 0.5) is 11.4 Å². The number of allylic oxidation sites excluding steroid dienone is 1. The molecular weight excluding hydrogens is 372 g/mol. The molecule has 0 saturated carbocycles. The molecule has 2 aromatic rings. The third-order valence-corrected chi connectivity index (χ3v) is 6.31. The van der Waals surface area contributed by atoms with E-state index in [0.29, 0.717) is 6.42 Å². The molecule has 0 amide bonds. The van der Waals surface area contributed by atoms with Gasteiger partial charge in [-0.15, -0.1) is 11.3 Å². The van der Waals surface area contributed by atoms with Crippen molar-refractivity contribution in [2.75, 3.05) is 23.9 Å². The highest BCUT2D eigenvalue weighted by molar-refractivity contribution is 7.10. The number of carbonyl (C=O) groups is 2. The van der Waals surface area contributed by atoms with Gasteiger partial charge in [0.1, 0.15) is 12.3 Å². The molecule has 0 bridgehead atoms. The van der Waals surface area contributed by atoms with Crippen molar-refractivity contribution in [1.29, 1.82) is 0 Å². The number of hydrogen-bond acceptors (Lipinski definition) is 6. The number of anilines is 2. The Morgan fingerprint density at radius 1 is 1.29 bits per heavy atom. The molecule has 2 atom stereocenters. The summed E-state index contributed by atoms with van der Waals surface area (Å²) in [5.74, 6) is -0.493. The summed E-state index contributed by atoms with van der Waals surface area (Å²) >= 11 is 1.61. The van der Waals surface area contributed by atoms with Crippen molar-refractivity contribution in [3.05, 3.63) is 58.4 Å². The number of fused-ring (bicyclic) bond motifs is 2. The van der Waals surface area contributed by atoms with Crippen LogP contribution >= 0.6 is 11.3 Å². The van der Waals surface area contributed by atoms with Crippen LogP contribution in [0.3, 0.4) is 0 Å². The van der Waals surface area contributed by atoms with E-state index >= 15 is 0 Å². The summed E-state index contributed by atoms with van der Waals surface area (Å²) in [6, 6.07) is 11.6. The number of benzene rings is 1. The lowest BCUT2D eigenvalue weighted by Gasteiger charge is -2.39. The Bertz CT molecular complexity index is 933. The zero-order valence-corrected chi connectivity index (χ0v) is 17.1. The Balaban J connectivity index is 1.94. The van der Waals surface area contributed by atoms with Gasteiger partial charge in [-0.25, -0.2) is 0 Å². The first kappa shape index (κ1) is 18.7. The van der Waals surface area contributed by atoms with Gasteiger partial charge >= 0.3 is 5.97 Å². The minimum absolute atomic E-state index is 0.0816. The second kappa shape index (κ2) is 7.09. The number of hydrogen-bond donors (Lipinski definition) is 1. The Labute approximate surface area is 169 Å². The normalized spacial score (nSPS) is 23.0. The Morgan fingerprint density at radius 2 is 2.07 bits per heavy atom. The molecule has 1 aromatic heterocycles. The van der Waals surface area contributed by atoms with E-state index in [0.717, 1.165) is 21.9 Å². The molecule has 146 valence electrons. The second-order valence-corrected chi connectivity index (χ2v) is 8.99. The van der Waals surface area contributed by atoms with Gasteiger partial charge in [-0.2, -0.15) is 0 Å². The van der Waals surface area contributed by atoms with E-state index in [2.05, 4.69) is 25.2 Å². The standard InChI is InChI=1S/C22H24N2O3S/c1-22(2)11-15-20(17(25)12-22)21(18-9-6-10-28-18)24(13-19(26)27-3)16-8-5-4-7-14(16)23-15/h4-11,20-21,23H,12-13H2,1-3H3. The third-order valence-electron chi connectivity index (χ3n) is 5.36. The molecule has 5 nitrogen and oxygen atoms in total. The number of carbonyl (C=O) groups excluding carboxylic acids is 2. The molecule has 0 fully saturated rings. The number of methoxy groups -OCH3 is 1. The van der Waals surface area contributed by atoms with Crippen LogP contribution in [0.25, 0.3) is 0 Å². The summed E-state index contributed by atoms with van der Waals surface area (Å²) in [5, 5.41) is 5.52. The first-order valence-corrected chi connectivity index (χ1v) is 10.3. The van der Waals surface area contributed by atoms with Crippen LogP contribution in [-0.2, 0) is 14.3 Å². The average molecular weight is 397 g/mol. The van der Waals surface area contributed by atoms with E-state index < -0.39 is 0 Å². The number of Topliss-reactive ketones (excluding diaryl/α,β-unsaturated/α-hetero) is 1. The topological polar surface area (TPSA) is 58.6 Å². The molecule has 1 aliphatic carbocycles. The molecule has 1 aliphatic heterocycles. The van der Waals surface area contributed by atoms with Crippen molar-refractivity contribution in [3.63, 3.8) is 0 Å². The SMILES string of the molecule is COC(=O)CN1c2ccccc2NC2=CC(C)(C)CC(=O)C2C1c1cccs1. The van der Waals surface area contributed by atoms with E-state index in [1.165, 1.54) is 7.11 Å². The zero-order valence-electron chi connectivity index (χ0n) is 16.3. The van der Waals surface area contributed by atoms with Gasteiger partial charge < -0.3 is 15.0 Å². The minimum Gasteiger partial charge on any atom is -0.468 e. The molecule has 1 N–H and O–H groups in total. The fourth-order valence-corrected chi connectivity index (χ4v) is 5.11. The van der Waals surface area contributed by atoms with Gasteiger partial charge in [0.25, 0.3) is 0 Å². The molecule has 2 unspecified atom stereocenters. The van der Waals surface area contributed by atoms with Gasteiger partial charge in [-0.3, -0.25) is 9.59 Å². The molecule has 28 heavy (non-hydrogen) atoms.